The average molecular weight is 484 g/mol. The van der Waals surface area contributed by atoms with Crippen molar-refractivity contribution in [1.29, 1.82) is 0 Å². The van der Waals surface area contributed by atoms with Gasteiger partial charge in [0.15, 0.2) is 5.65 Å². The molecule has 0 saturated heterocycles. The van der Waals surface area contributed by atoms with Crippen LogP contribution in [0.5, 0.6) is 0 Å². The molecule has 0 aliphatic heterocycles. The van der Waals surface area contributed by atoms with E-state index in [1.807, 2.05) is 31.2 Å². The Bertz CT molecular complexity index is 1330. The van der Waals surface area contributed by atoms with Crippen molar-refractivity contribution < 1.29 is 4.79 Å². The first-order valence-electron chi connectivity index (χ1n) is 11.1. The third kappa shape index (κ3) is 4.77. The van der Waals surface area contributed by atoms with Crippen LogP contribution in [-0.4, -0.2) is 26.5 Å². The number of hydrogen-bond acceptors (Lipinski definition) is 4. The van der Waals surface area contributed by atoms with Crippen LogP contribution in [0.3, 0.4) is 0 Å². The lowest BCUT2D eigenvalue weighted by Crippen LogP contribution is -2.33. The van der Waals surface area contributed by atoms with Crippen molar-refractivity contribution in [2.75, 3.05) is 5.73 Å². The number of fused-ring (bicyclic) bond motifs is 2. The molecule has 0 saturated carbocycles. The lowest BCUT2D eigenvalue weighted by Gasteiger charge is -2.15. The van der Waals surface area contributed by atoms with Gasteiger partial charge in [0, 0.05) is 6.04 Å². The molecule has 4 rings (SSSR count). The molecule has 1 amide bonds. The van der Waals surface area contributed by atoms with Crippen molar-refractivity contribution in [2.24, 2.45) is 5.92 Å². The number of aromatic nitrogens is 3. The fourth-order valence-corrected chi connectivity index (χ4v) is 4.26. The van der Waals surface area contributed by atoms with Crippen LogP contribution in [0.1, 0.15) is 50.4 Å². The van der Waals surface area contributed by atoms with Crippen LogP contribution in [0.2, 0.25) is 10.0 Å². The number of nitrogens with one attached hydrogen (secondary N) is 1. The SMILES string of the molecule is CC(C)CCC[C@@H](C)NC(=O)c1c(N)n(-c2ccc(Cl)c(Cl)c2)c2nc3ccccc3nc12. The molecule has 0 spiro atoms. The van der Waals surface area contributed by atoms with Gasteiger partial charge >= 0.3 is 0 Å². The quantitative estimate of drug-likeness (QED) is 0.318. The highest BCUT2D eigenvalue weighted by molar-refractivity contribution is 6.42. The van der Waals surface area contributed by atoms with E-state index < -0.39 is 0 Å². The zero-order valence-corrected chi connectivity index (χ0v) is 20.4. The van der Waals surface area contributed by atoms with Crippen molar-refractivity contribution in [3.8, 4) is 5.69 Å². The van der Waals surface area contributed by atoms with Crippen molar-refractivity contribution in [3.05, 3.63) is 58.1 Å². The lowest BCUT2D eigenvalue weighted by molar-refractivity contribution is 0.0940. The summed E-state index contributed by atoms with van der Waals surface area (Å²) in [5.74, 6) is 0.625. The number of rotatable bonds is 7. The molecule has 8 heteroatoms. The molecule has 0 aliphatic rings. The summed E-state index contributed by atoms with van der Waals surface area (Å²) in [5.41, 5.74) is 9.86. The fourth-order valence-electron chi connectivity index (χ4n) is 3.97. The Balaban J connectivity index is 1.81. The third-order valence-corrected chi connectivity index (χ3v) is 6.42. The number of anilines is 1. The van der Waals surface area contributed by atoms with Crippen LogP contribution in [0.4, 0.5) is 5.82 Å². The molecule has 1 atom stereocenters. The summed E-state index contributed by atoms with van der Waals surface area (Å²) in [6.45, 7) is 6.41. The van der Waals surface area contributed by atoms with Gasteiger partial charge in [-0.15, -0.1) is 0 Å². The summed E-state index contributed by atoms with van der Waals surface area (Å²) >= 11 is 12.4. The monoisotopic (exact) mass is 483 g/mol. The molecule has 6 nitrogen and oxygen atoms in total. The number of hydrogen-bond donors (Lipinski definition) is 2. The molecule has 4 aromatic rings. The molecule has 2 heterocycles. The predicted molar refractivity (Wildman–Crippen MR) is 136 cm³/mol. The van der Waals surface area contributed by atoms with Gasteiger partial charge in [0.2, 0.25) is 0 Å². The minimum absolute atomic E-state index is 0.00689. The topological polar surface area (TPSA) is 85.8 Å². The first kappa shape index (κ1) is 23.3. The van der Waals surface area contributed by atoms with Gasteiger partial charge < -0.3 is 11.1 Å². The van der Waals surface area contributed by atoms with Crippen molar-refractivity contribution >= 4 is 57.1 Å². The van der Waals surface area contributed by atoms with Gasteiger partial charge in [-0.3, -0.25) is 9.36 Å². The van der Waals surface area contributed by atoms with Gasteiger partial charge in [0.25, 0.3) is 5.91 Å². The van der Waals surface area contributed by atoms with E-state index in [0.717, 1.165) is 19.3 Å². The van der Waals surface area contributed by atoms with Gasteiger partial charge in [0.1, 0.15) is 16.9 Å². The van der Waals surface area contributed by atoms with Gasteiger partial charge in [0.05, 0.1) is 26.8 Å². The summed E-state index contributed by atoms with van der Waals surface area (Å²) in [5, 5.41) is 3.90. The lowest BCUT2D eigenvalue weighted by atomic mass is 10.0. The summed E-state index contributed by atoms with van der Waals surface area (Å²) < 4.78 is 1.70. The fraction of sp³-hybridized carbons (Fsp3) is 0.320. The molecule has 2 aromatic heterocycles. The molecule has 172 valence electrons. The van der Waals surface area contributed by atoms with Crippen molar-refractivity contribution in [3.63, 3.8) is 0 Å². The number of halogens is 2. The number of nitrogens with zero attached hydrogens (tertiary/aromatic N) is 3. The molecule has 2 aromatic carbocycles. The van der Waals surface area contributed by atoms with Crippen molar-refractivity contribution in [2.45, 2.75) is 46.1 Å². The molecule has 3 N–H and O–H groups in total. The van der Waals surface area contributed by atoms with E-state index in [0.29, 0.717) is 49.4 Å². The molecule has 0 aliphatic carbocycles. The van der Waals surface area contributed by atoms with Crippen LogP contribution in [0.25, 0.3) is 27.9 Å². The first-order chi connectivity index (χ1) is 15.8. The van der Waals surface area contributed by atoms with Crippen LogP contribution in [-0.2, 0) is 0 Å². The van der Waals surface area contributed by atoms with E-state index in [4.69, 9.17) is 38.9 Å². The molecule has 33 heavy (non-hydrogen) atoms. The zero-order chi connectivity index (χ0) is 23.7. The van der Waals surface area contributed by atoms with E-state index in [9.17, 15) is 4.79 Å². The van der Waals surface area contributed by atoms with Crippen LogP contribution in [0.15, 0.2) is 42.5 Å². The second-order valence-electron chi connectivity index (χ2n) is 8.78. The van der Waals surface area contributed by atoms with E-state index in [-0.39, 0.29) is 17.8 Å². The highest BCUT2D eigenvalue weighted by Gasteiger charge is 2.26. The van der Waals surface area contributed by atoms with Crippen LogP contribution in [0, 0.1) is 5.92 Å². The highest BCUT2D eigenvalue weighted by atomic mass is 35.5. The predicted octanol–water partition coefficient (Wildman–Crippen LogP) is 6.41. The standard InChI is InChI=1S/C25H27Cl2N5O/c1-14(2)7-6-8-15(3)29-25(33)21-22-24(31-20-10-5-4-9-19(20)30-22)32(23(21)28)16-11-12-17(26)18(27)13-16/h4-5,9-15H,6-8,28H2,1-3H3,(H,29,33)/t15-/m1/s1. The Morgan fingerprint density at radius 3 is 2.39 bits per heavy atom. The third-order valence-electron chi connectivity index (χ3n) is 5.68. The maximum absolute atomic E-state index is 13.4. The largest absolute Gasteiger partial charge is 0.384 e. The number of nitrogen functional groups attached to an aromatic ring is 1. The number of carbonyl (C=O) groups is 1. The maximum Gasteiger partial charge on any atom is 0.257 e. The maximum atomic E-state index is 13.4. The van der Waals surface area contributed by atoms with Crippen molar-refractivity contribution in [1.82, 2.24) is 19.9 Å². The Morgan fingerprint density at radius 1 is 1.03 bits per heavy atom. The summed E-state index contributed by atoms with van der Waals surface area (Å²) in [6.07, 6.45) is 3.06. The van der Waals surface area contributed by atoms with E-state index in [1.54, 1.807) is 22.8 Å². The molecule has 0 bridgehead atoms. The minimum atomic E-state index is -0.266. The van der Waals surface area contributed by atoms with Gasteiger partial charge in [-0.2, -0.15) is 0 Å². The van der Waals surface area contributed by atoms with Gasteiger partial charge in [-0.05, 0) is 49.6 Å². The zero-order valence-electron chi connectivity index (χ0n) is 18.9. The van der Waals surface area contributed by atoms with Crippen LogP contribution < -0.4 is 11.1 Å². The van der Waals surface area contributed by atoms with Gasteiger partial charge in [-0.25, -0.2) is 9.97 Å². The average Bonchev–Trinajstić information content (AvgIpc) is 3.04. The number of benzene rings is 2. The molecular formula is C25H27Cl2N5O. The number of para-hydroxylation sites is 2. The number of amides is 1. The Morgan fingerprint density at radius 2 is 1.73 bits per heavy atom. The van der Waals surface area contributed by atoms with E-state index in [1.165, 1.54) is 0 Å². The normalized spacial score (nSPS) is 12.5. The molecule has 0 radical (unpaired) electrons. The Kier molecular flexibility index (Phi) is 6.77. The van der Waals surface area contributed by atoms with E-state index >= 15 is 0 Å². The molecule has 0 fully saturated rings. The Hall–Kier alpha value is -2.83. The minimum Gasteiger partial charge on any atom is -0.384 e. The first-order valence-corrected chi connectivity index (χ1v) is 11.8. The molecular weight excluding hydrogens is 457 g/mol. The van der Waals surface area contributed by atoms with Crippen LogP contribution >= 0.6 is 23.2 Å². The molecule has 0 unspecified atom stereocenters. The number of nitrogens with two attached hydrogens (primary N) is 1. The second-order valence-corrected chi connectivity index (χ2v) is 9.59. The smallest absolute Gasteiger partial charge is 0.257 e. The number of carbonyl (C=O) groups excluding carboxylic acids is 1. The Labute approximate surface area is 203 Å². The summed E-state index contributed by atoms with van der Waals surface area (Å²) in [7, 11) is 0. The summed E-state index contributed by atoms with van der Waals surface area (Å²) in [4.78, 5) is 22.9. The van der Waals surface area contributed by atoms with E-state index in [2.05, 4.69) is 19.2 Å². The van der Waals surface area contributed by atoms with Gasteiger partial charge in [-0.1, -0.05) is 62.0 Å². The highest BCUT2D eigenvalue weighted by Crippen LogP contribution is 2.33. The second kappa shape index (κ2) is 9.57. The summed E-state index contributed by atoms with van der Waals surface area (Å²) in [6, 6.07) is 12.7.